The minimum atomic E-state index is -4.70. The van der Waals surface area contributed by atoms with Crippen molar-refractivity contribution in [3.8, 4) is 16.9 Å². The number of hydrogen-bond acceptors (Lipinski definition) is 6. The molecule has 0 saturated heterocycles. The van der Waals surface area contributed by atoms with E-state index in [0.29, 0.717) is 25.1 Å². The molecule has 0 spiro atoms. The van der Waals surface area contributed by atoms with Gasteiger partial charge in [-0.25, -0.2) is 4.98 Å². The number of aryl methyl sites for hydroxylation is 1. The maximum absolute atomic E-state index is 13.6. The fraction of sp³-hybridized carbons (Fsp3) is 0.393. The quantitative estimate of drug-likeness (QED) is 0.187. The van der Waals surface area contributed by atoms with Crippen molar-refractivity contribution in [1.29, 1.82) is 0 Å². The Morgan fingerprint density at radius 1 is 1.02 bits per heavy atom. The van der Waals surface area contributed by atoms with Crippen LogP contribution in [0, 0.1) is 6.92 Å². The normalized spacial score (nSPS) is 12.3. The molecule has 0 aliphatic carbocycles. The number of methoxy groups -OCH3 is 1. The van der Waals surface area contributed by atoms with Crippen molar-refractivity contribution < 1.29 is 50.9 Å². The molecular weight excluding hydrogens is 572 g/mol. The van der Waals surface area contributed by atoms with Crippen LogP contribution < -0.4 is 15.8 Å². The summed E-state index contributed by atoms with van der Waals surface area (Å²) in [4.78, 5) is 23.2. The van der Waals surface area contributed by atoms with Crippen molar-refractivity contribution in [2.75, 3.05) is 19.0 Å². The molecule has 0 aliphatic heterocycles. The van der Waals surface area contributed by atoms with Gasteiger partial charge in [0.1, 0.15) is 11.4 Å². The molecule has 0 radical (unpaired) electrons. The van der Waals surface area contributed by atoms with E-state index in [9.17, 15) is 35.9 Å². The minimum Gasteiger partial charge on any atom is -0.496 e. The number of fused-ring (bicyclic) bond motifs is 1. The van der Waals surface area contributed by atoms with E-state index in [4.69, 9.17) is 20.7 Å². The Bertz CT molecular complexity index is 1400. The zero-order valence-corrected chi connectivity index (χ0v) is 23.0. The van der Waals surface area contributed by atoms with Gasteiger partial charge in [0, 0.05) is 23.1 Å². The van der Waals surface area contributed by atoms with E-state index >= 15 is 0 Å². The Labute approximate surface area is 237 Å². The number of benzene rings is 2. The number of carboxylic acid groups (broad SMARTS) is 2. The summed E-state index contributed by atoms with van der Waals surface area (Å²) in [6, 6.07) is 6.81. The molecule has 8 nitrogen and oxygen atoms in total. The number of nitrogens with one attached hydrogen (secondary N) is 1. The van der Waals surface area contributed by atoms with Crippen LogP contribution in [0.4, 0.5) is 32.0 Å². The second-order valence-corrected chi connectivity index (χ2v) is 9.39. The molecule has 5 N–H and O–H groups in total. The molecule has 1 heterocycles. The summed E-state index contributed by atoms with van der Waals surface area (Å²) in [6.07, 6.45) is -8.52. The van der Waals surface area contributed by atoms with Crippen LogP contribution in [-0.2, 0) is 21.9 Å². The van der Waals surface area contributed by atoms with Crippen LogP contribution >= 0.6 is 0 Å². The third kappa shape index (κ3) is 9.23. The van der Waals surface area contributed by atoms with Crippen LogP contribution in [0.15, 0.2) is 36.4 Å². The molecule has 1 aromatic heterocycles. The first-order chi connectivity index (χ1) is 19.5. The molecule has 3 rings (SSSR count). The highest BCUT2D eigenvalue weighted by Gasteiger charge is 2.35. The van der Waals surface area contributed by atoms with E-state index < -0.39 is 35.5 Å². The lowest BCUT2D eigenvalue weighted by Crippen LogP contribution is -2.18. The standard InChI is InChI=1S/C24H25F6N3O.C4H6O4/c1-13-10-19(24(28,29)30)33-22-17(32-14(2)6-5-9-31)12-18(34-3)21(20(13)22)15-7-4-8-16(11-15)23(25,26)27;5-3(6)1-2-4(7)8/h4,7-8,10-12,14,32H,5-6,9,31H2,1-3H3;1-2H2,(H,5,6)(H,7,8). The number of alkyl halides is 6. The number of nitrogens with zero attached hydrogens (tertiary/aromatic N) is 1. The van der Waals surface area contributed by atoms with Gasteiger partial charge >= 0.3 is 24.3 Å². The van der Waals surface area contributed by atoms with Crippen molar-refractivity contribution in [3.63, 3.8) is 0 Å². The lowest BCUT2D eigenvalue weighted by molar-refractivity contribution is -0.143. The van der Waals surface area contributed by atoms with Crippen molar-refractivity contribution in [2.24, 2.45) is 5.73 Å². The molecule has 0 fully saturated rings. The zero-order chi connectivity index (χ0) is 31.8. The van der Waals surface area contributed by atoms with Crippen LogP contribution in [0.25, 0.3) is 22.0 Å². The monoisotopic (exact) mass is 603 g/mol. The van der Waals surface area contributed by atoms with Gasteiger partial charge in [-0.2, -0.15) is 26.3 Å². The minimum absolute atomic E-state index is 0.000125. The van der Waals surface area contributed by atoms with Crippen molar-refractivity contribution in [1.82, 2.24) is 4.98 Å². The SMILES string of the molecule is COc1cc(NC(C)CCCN)c2nc(C(F)(F)F)cc(C)c2c1-c1cccc(C(F)(F)F)c1.O=C(O)CCC(=O)O. The number of anilines is 1. The smallest absolute Gasteiger partial charge is 0.433 e. The molecule has 0 aliphatic rings. The molecule has 0 amide bonds. The Morgan fingerprint density at radius 3 is 2.14 bits per heavy atom. The number of nitrogens with two attached hydrogens (primary N) is 1. The van der Waals surface area contributed by atoms with Gasteiger partial charge in [-0.05, 0) is 62.6 Å². The third-order valence-corrected chi connectivity index (χ3v) is 6.03. The topological polar surface area (TPSA) is 135 Å². The molecule has 1 atom stereocenters. The Hall–Kier alpha value is -4.07. The van der Waals surface area contributed by atoms with Crippen LogP contribution in [0.2, 0.25) is 0 Å². The maximum atomic E-state index is 13.6. The van der Waals surface area contributed by atoms with Gasteiger partial charge in [-0.3, -0.25) is 9.59 Å². The van der Waals surface area contributed by atoms with Gasteiger partial charge in [0.2, 0.25) is 0 Å². The molecule has 14 heteroatoms. The number of pyridine rings is 1. The Balaban J connectivity index is 0.000000675. The summed E-state index contributed by atoms with van der Waals surface area (Å²) in [7, 11) is 1.35. The van der Waals surface area contributed by atoms with Gasteiger partial charge in [0.05, 0.1) is 36.7 Å². The van der Waals surface area contributed by atoms with Crippen LogP contribution in [0.1, 0.15) is 49.4 Å². The zero-order valence-electron chi connectivity index (χ0n) is 23.0. The summed E-state index contributed by atoms with van der Waals surface area (Å²) in [5.74, 6) is -1.94. The van der Waals surface area contributed by atoms with E-state index in [1.807, 2.05) is 6.92 Å². The number of halogens is 6. The number of aliphatic carboxylic acids is 2. The maximum Gasteiger partial charge on any atom is 0.433 e. The first kappa shape index (κ1) is 34.1. The van der Waals surface area contributed by atoms with Crippen molar-refractivity contribution in [2.45, 2.75) is 57.9 Å². The van der Waals surface area contributed by atoms with E-state index in [0.717, 1.165) is 18.2 Å². The molecule has 3 aromatic rings. The second-order valence-electron chi connectivity index (χ2n) is 9.39. The second kappa shape index (κ2) is 14.2. The first-order valence-electron chi connectivity index (χ1n) is 12.7. The lowest BCUT2D eigenvalue weighted by atomic mass is 9.93. The van der Waals surface area contributed by atoms with Gasteiger partial charge in [-0.15, -0.1) is 0 Å². The van der Waals surface area contributed by atoms with Gasteiger partial charge in [-0.1, -0.05) is 12.1 Å². The van der Waals surface area contributed by atoms with Gasteiger partial charge in [0.25, 0.3) is 0 Å². The predicted octanol–water partition coefficient (Wildman–Crippen LogP) is 6.73. The number of carboxylic acids is 2. The van der Waals surface area contributed by atoms with E-state index in [1.54, 1.807) is 0 Å². The summed E-state index contributed by atoms with van der Waals surface area (Å²) >= 11 is 0. The predicted molar refractivity (Wildman–Crippen MR) is 144 cm³/mol. The number of hydrogen-bond donors (Lipinski definition) is 4. The fourth-order valence-corrected chi connectivity index (χ4v) is 4.11. The van der Waals surface area contributed by atoms with Gasteiger partial charge < -0.3 is 26.0 Å². The number of carbonyl (C=O) groups is 2. The van der Waals surface area contributed by atoms with E-state index in [1.165, 1.54) is 32.2 Å². The van der Waals surface area contributed by atoms with E-state index in [2.05, 4.69) is 10.3 Å². The summed E-state index contributed by atoms with van der Waals surface area (Å²) in [5.41, 5.74) is 4.49. The molecule has 42 heavy (non-hydrogen) atoms. The number of ether oxygens (including phenoxy) is 1. The van der Waals surface area contributed by atoms with E-state index in [-0.39, 0.29) is 52.2 Å². The fourth-order valence-electron chi connectivity index (χ4n) is 4.11. The van der Waals surface area contributed by atoms with Crippen LogP contribution in [0.3, 0.4) is 0 Å². The molecule has 0 saturated carbocycles. The summed E-state index contributed by atoms with van der Waals surface area (Å²) in [6.45, 7) is 3.78. The average molecular weight is 604 g/mol. The summed E-state index contributed by atoms with van der Waals surface area (Å²) in [5, 5.41) is 19.2. The average Bonchev–Trinajstić information content (AvgIpc) is 2.90. The highest BCUT2D eigenvalue weighted by Crippen LogP contribution is 2.45. The number of aromatic nitrogens is 1. The first-order valence-corrected chi connectivity index (χ1v) is 12.7. The van der Waals surface area contributed by atoms with Crippen LogP contribution in [-0.4, -0.2) is 46.8 Å². The Morgan fingerprint density at radius 2 is 1.64 bits per heavy atom. The third-order valence-electron chi connectivity index (χ3n) is 6.03. The summed E-state index contributed by atoms with van der Waals surface area (Å²) < 4.78 is 86.3. The molecular formula is C28H31F6N3O5. The van der Waals surface area contributed by atoms with Crippen molar-refractivity contribution in [3.05, 3.63) is 53.2 Å². The largest absolute Gasteiger partial charge is 0.496 e. The van der Waals surface area contributed by atoms with Gasteiger partial charge in [0.15, 0.2) is 0 Å². The molecule has 230 valence electrons. The Kier molecular flexibility index (Phi) is 11.5. The highest BCUT2D eigenvalue weighted by molar-refractivity contribution is 6.06. The van der Waals surface area contributed by atoms with Crippen LogP contribution in [0.5, 0.6) is 5.75 Å². The molecule has 0 bridgehead atoms. The highest BCUT2D eigenvalue weighted by atomic mass is 19.4. The number of rotatable bonds is 10. The van der Waals surface area contributed by atoms with Crippen molar-refractivity contribution >= 4 is 28.5 Å². The molecule has 1 unspecified atom stereocenters. The molecule has 2 aromatic carbocycles. The lowest BCUT2D eigenvalue weighted by Gasteiger charge is -2.22.